The van der Waals surface area contributed by atoms with Gasteiger partial charge in [0.15, 0.2) is 0 Å². The van der Waals surface area contributed by atoms with Gasteiger partial charge in [-0.25, -0.2) is 0 Å². The van der Waals surface area contributed by atoms with Crippen molar-refractivity contribution in [3.63, 3.8) is 0 Å². The molecule has 8 N–H and O–H groups in total. The van der Waals surface area contributed by atoms with E-state index in [1.54, 1.807) is 0 Å². The van der Waals surface area contributed by atoms with Gasteiger partial charge in [0.05, 0.1) is 0 Å². The molecule has 0 unspecified atom stereocenters. The molecule has 168 valence electrons. The third-order valence-corrected chi connectivity index (χ3v) is 6.29. The summed E-state index contributed by atoms with van der Waals surface area (Å²) in [5, 5.41) is 4.72. The quantitative estimate of drug-likeness (QED) is 0.160. The van der Waals surface area contributed by atoms with Gasteiger partial charge < -0.3 is 22.9 Å². The normalized spacial score (nSPS) is 11.1. The van der Waals surface area contributed by atoms with Crippen molar-refractivity contribution in [2.45, 2.75) is 0 Å². The molecule has 0 fully saturated rings. The number of nitrogen functional groups attached to an aromatic ring is 4. The van der Waals surface area contributed by atoms with Crippen LogP contribution in [0.25, 0.3) is 43.6 Å². The molecular formula is C28H28N6+2. The molecule has 2 heterocycles. The van der Waals surface area contributed by atoms with Gasteiger partial charge >= 0.3 is 0 Å². The Bertz CT molecular complexity index is 1470. The lowest BCUT2D eigenvalue weighted by molar-refractivity contribution is -0.617. The fraction of sp³-hybridized carbons (Fsp3) is 0.0714. The number of pyridine rings is 2. The average Bonchev–Trinajstić information content (AvgIpc) is 2.82. The van der Waals surface area contributed by atoms with E-state index in [0.717, 1.165) is 44.8 Å². The standard InChI is InChI=1S/2C14H13N3/c2*1-17-13-7-11(15)4-2-9(13)6-10-3-5-12(16)8-14(10)17/h2*2-8H,1H3,(H3,15,16)/p+2. The number of hydrogen-bond acceptors (Lipinski definition) is 4. The van der Waals surface area contributed by atoms with Crippen molar-refractivity contribution in [1.82, 2.24) is 0 Å². The molecule has 0 amide bonds. The van der Waals surface area contributed by atoms with E-state index in [1.165, 1.54) is 21.5 Å². The number of hydrogen-bond donors (Lipinski definition) is 4. The molecule has 0 saturated carbocycles. The number of anilines is 4. The average molecular weight is 449 g/mol. The highest BCUT2D eigenvalue weighted by atomic mass is 14.9. The molecule has 4 aromatic carbocycles. The molecule has 34 heavy (non-hydrogen) atoms. The second-order valence-corrected chi connectivity index (χ2v) is 8.68. The van der Waals surface area contributed by atoms with E-state index in [4.69, 9.17) is 22.9 Å². The van der Waals surface area contributed by atoms with Crippen molar-refractivity contribution in [2.24, 2.45) is 14.1 Å². The molecule has 6 aromatic rings. The topological polar surface area (TPSA) is 112 Å². The molecule has 2 aromatic heterocycles. The van der Waals surface area contributed by atoms with Crippen LogP contribution in [0.15, 0.2) is 84.9 Å². The van der Waals surface area contributed by atoms with E-state index in [2.05, 4.69) is 21.3 Å². The Morgan fingerprint density at radius 1 is 0.382 bits per heavy atom. The maximum absolute atomic E-state index is 5.83. The Balaban J connectivity index is 0.000000142. The van der Waals surface area contributed by atoms with Crippen molar-refractivity contribution in [1.29, 1.82) is 0 Å². The van der Waals surface area contributed by atoms with Crippen LogP contribution in [0.1, 0.15) is 0 Å². The summed E-state index contributed by atoms with van der Waals surface area (Å²) in [7, 11) is 4.06. The number of benzene rings is 4. The lowest BCUT2D eigenvalue weighted by Crippen LogP contribution is -2.30. The van der Waals surface area contributed by atoms with E-state index in [-0.39, 0.29) is 0 Å². The van der Waals surface area contributed by atoms with Gasteiger partial charge in [-0.3, -0.25) is 0 Å². The molecule has 0 aliphatic heterocycles. The second-order valence-electron chi connectivity index (χ2n) is 8.68. The Labute approximate surface area is 197 Å². The lowest BCUT2D eigenvalue weighted by Gasteiger charge is -2.03. The third kappa shape index (κ3) is 3.75. The van der Waals surface area contributed by atoms with E-state index in [1.807, 2.05) is 86.9 Å². The first-order valence-electron chi connectivity index (χ1n) is 11.1. The van der Waals surface area contributed by atoms with Crippen LogP contribution >= 0.6 is 0 Å². The van der Waals surface area contributed by atoms with Crippen molar-refractivity contribution in [3.8, 4) is 0 Å². The summed E-state index contributed by atoms with van der Waals surface area (Å²) in [5.41, 5.74) is 30.9. The summed E-state index contributed by atoms with van der Waals surface area (Å²) in [6, 6.07) is 28.1. The van der Waals surface area contributed by atoms with Crippen LogP contribution in [0.5, 0.6) is 0 Å². The van der Waals surface area contributed by atoms with Gasteiger partial charge in [0.2, 0.25) is 22.1 Å². The molecule has 0 atom stereocenters. The largest absolute Gasteiger partial charge is 0.399 e. The SMILES string of the molecule is C[n+]1c2cc(N)ccc2cc2ccc(N)cc21.C[n+]1c2cc(N)ccc2cc2ccc(N)cc21. The molecule has 0 radical (unpaired) electrons. The van der Waals surface area contributed by atoms with Crippen molar-refractivity contribution >= 4 is 66.4 Å². The highest BCUT2D eigenvalue weighted by Gasteiger charge is 2.13. The maximum atomic E-state index is 5.83. The fourth-order valence-electron chi connectivity index (χ4n) is 4.49. The number of nitrogens with zero attached hydrogens (tertiary/aromatic N) is 2. The van der Waals surface area contributed by atoms with Crippen molar-refractivity contribution < 1.29 is 9.13 Å². The van der Waals surface area contributed by atoms with Crippen LogP contribution in [-0.2, 0) is 14.1 Å². The summed E-state index contributed by atoms with van der Waals surface area (Å²) >= 11 is 0. The summed E-state index contributed by atoms with van der Waals surface area (Å²) in [5.74, 6) is 0. The minimum absolute atomic E-state index is 0.774. The zero-order valence-electron chi connectivity index (χ0n) is 19.3. The molecule has 6 nitrogen and oxygen atoms in total. The molecule has 0 spiro atoms. The van der Waals surface area contributed by atoms with Crippen molar-refractivity contribution in [2.75, 3.05) is 22.9 Å². The maximum Gasteiger partial charge on any atom is 0.214 e. The summed E-state index contributed by atoms with van der Waals surface area (Å²) in [6.45, 7) is 0. The van der Waals surface area contributed by atoms with Gasteiger partial charge in [-0.15, -0.1) is 0 Å². The molecule has 0 aliphatic carbocycles. The minimum atomic E-state index is 0.774. The lowest BCUT2D eigenvalue weighted by atomic mass is 10.1. The molecule has 0 saturated heterocycles. The van der Waals surface area contributed by atoms with Gasteiger partial charge in [-0.05, 0) is 60.7 Å². The fourth-order valence-corrected chi connectivity index (χ4v) is 4.49. The van der Waals surface area contributed by atoms with Crippen LogP contribution in [0.3, 0.4) is 0 Å². The summed E-state index contributed by atoms with van der Waals surface area (Å²) < 4.78 is 4.24. The predicted molar refractivity (Wildman–Crippen MR) is 143 cm³/mol. The summed E-state index contributed by atoms with van der Waals surface area (Å²) in [6.07, 6.45) is 0. The van der Waals surface area contributed by atoms with Gasteiger partial charge in [-0.1, -0.05) is 0 Å². The number of aryl methyl sites for hydroxylation is 2. The smallest absolute Gasteiger partial charge is 0.214 e. The molecule has 0 bridgehead atoms. The Hall–Kier alpha value is -4.58. The first-order chi connectivity index (χ1) is 16.3. The van der Waals surface area contributed by atoms with Crippen LogP contribution in [-0.4, -0.2) is 0 Å². The number of rotatable bonds is 0. The van der Waals surface area contributed by atoms with E-state index < -0.39 is 0 Å². The number of fused-ring (bicyclic) bond motifs is 4. The van der Waals surface area contributed by atoms with E-state index in [0.29, 0.717) is 0 Å². The molecule has 6 heteroatoms. The minimum Gasteiger partial charge on any atom is -0.399 e. The Morgan fingerprint density at radius 2 is 0.618 bits per heavy atom. The monoisotopic (exact) mass is 448 g/mol. The molecular weight excluding hydrogens is 420 g/mol. The van der Waals surface area contributed by atoms with Gasteiger partial charge in [0.1, 0.15) is 14.1 Å². The zero-order chi connectivity index (χ0) is 24.0. The molecule has 6 rings (SSSR count). The Morgan fingerprint density at radius 3 is 0.853 bits per heavy atom. The van der Waals surface area contributed by atoms with Crippen LogP contribution in [0.2, 0.25) is 0 Å². The first-order valence-corrected chi connectivity index (χ1v) is 11.1. The number of aromatic nitrogens is 2. The highest BCUT2D eigenvalue weighted by molar-refractivity contribution is 5.92. The van der Waals surface area contributed by atoms with Gasteiger partial charge in [0, 0.05) is 68.6 Å². The van der Waals surface area contributed by atoms with Crippen LogP contribution < -0.4 is 32.1 Å². The van der Waals surface area contributed by atoms with Gasteiger partial charge in [-0.2, -0.15) is 9.13 Å². The predicted octanol–water partition coefficient (Wildman–Crippen LogP) is 3.96. The van der Waals surface area contributed by atoms with Crippen LogP contribution in [0, 0.1) is 0 Å². The Kier molecular flexibility index (Phi) is 5.06. The second kappa shape index (κ2) is 8.08. The van der Waals surface area contributed by atoms with E-state index in [9.17, 15) is 0 Å². The van der Waals surface area contributed by atoms with E-state index >= 15 is 0 Å². The van der Waals surface area contributed by atoms with Gasteiger partial charge in [0.25, 0.3) is 0 Å². The third-order valence-electron chi connectivity index (χ3n) is 6.29. The highest BCUT2D eigenvalue weighted by Crippen LogP contribution is 2.22. The number of nitrogens with two attached hydrogens (primary N) is 4. The first kappa shape index (κ1) is 21.3. The summed E-state index contributed by atoms with van der Waals surface area (Å²) in [4.78, 5) is 0. The van der Waals surface area contributed by atoms with Crippen LogP contribution in [0.4, 0.5) is 22.7 Å². The zero-order valence-corrected chi connectivity index (χ0v) is 19.3. The van der Waals surface area contributed by atoms with Crippen molar-refractivity contribution in [3.05, 3.63) is 84.9 Å². The molecule has 0 aliphatic rings.